The number of aryl methyl sites for hydroxylation is 1. The number of aromatic nitrogens is 2. The Morgan fingerprint density at radius 3 is 2.77 bits per heavy atom. The molecule has 0 spiro atoms. The van der Waals surface area contributed by atoms with Gasteiger partial charge in [0.2, 0.25) is 0 Å². The highest BCUT2D eigenvalue weighted by Gasteiger charge is 2.29. The predicted octanol–water partition coefficient (Wildman–Crippen LogP) is 2.96. The van der Waals surface area contributed by atoms with Crippen molar-refractivity contribution in [3.63, 3.8) is 0 Å². The molecule has 1 aromatic carbocycles. The smallest absolute Gasteiger partial charge is 0.0949 e. The molecule has 2 aromatic rings. The maximum atomic E-state index is 6.17. The second kappa shape index (κ2) is 8.33. The Kier molecular flexibility index (Phi) is 5.68. The van der Waals surface area contributed by atoms with Gasteiger partial charge in [-0.1, -0.05) is 30.3 Å². The molecule has 5 nitrogen and oxygen atoms in total. The molecule has 0 aliphatic carbocycles. The number of imidazole rings is 1. The molecule has 2 aliphatic rings. The van der Waals surface area contributed by atoms with Crippen LogP contribution >= 0.6 is 0 Å². The zero-order chi connectivity index (χ0) is 17.8. The topological polar surface area (TPSA) is 39.5 Å². The van der Waals surface area contributed by atoms with E-state index < -0.39 is 0 Å². The van der Waals surface area contributed by atoms with Crippen LogP contribution in [-0.2, 0) is 29.6 Å². The van der Waals surface area contributed by atoms with Gasteiger partial charge in [0.1, 0.15) is 0 Å². The van der Waals surface area contributed by atoms with Gasteiger partial charge in [0.25, 0.3) is 0 Å². The lowest BCUT2D eigenvalue weighted by atomic mass is 9.98. The van der Waals surface area contributed by atoms with Crippen molar-refractivity contribution in [3.05, 3.63) is 53.6 Å². The number of hydrogen-bond donors (Lipinski definition) is 0. The lowest BCUT2D eigenvalue weighted by molar-refractivity contribution is 0.0127. The van der Waals surface area contributed by atoms with Gasteiger partial charge in [-0.2, -0.15) is 0 Å². The van der Waals surface area contributed by atoms with Gasteiger partial charge < -0.3 is 14.0 Å². The van der Waals surface area contributed by atoms with Crippen LogP contribution in [-0.4, -0.2) is 47.4 Å². The highest BCUT2D eigenvalue weighted by Crippen LogP contribution is 2.29. The van der Waals surface area contributed by atoms with Gasteiger partial charge in [-0.3, -0.25) is 4.90 Å². The summed E-state index contributed by atoms with van der Waals surface area (Å²) in [6.07, 6.45) is 4.20. The molecule has 0 radical (unpaired) electrons. The highest BCUT2D eigenvalue weighted by molar-refractivity contribution is 5.23. The van der Waals surface area contributed by atoms with Crippen molar-refractivity contribution in [2.75, 3.05) is 33.0 Å². The Hall–Kier alpha value is -1.69. The van der Waals surface area contributed by atoms with Gasteiger partial charge in [-0.25, -0.2) is 4.98 Å². The number of fused-ring (bicyclic) bond motifs is 1. The number of benzene rings is 1. The van der Waals surface area contributed by atoms with Crippen molar-refractivity contribution in [3.8, 4) is 0 Å². The molecule has 140 valence electrons. The molecular weight excluding hydrogens is 326 g/mol. The largest absolute Gasteiger partial charge is 0.381 e. The number of nitrogens with zero attached hydrogens (tertiary/aromatic N) is 3. The summed E-state index contributed by atoms with van der Waals surface area (Å²) in [5, 5.41) is 0. The molecule has 4 rings (SSSR count). The van der Waals surface area contributed by atoms with Crippen LogP contribution in [0, 0.1) is 5.92 Å². The highest BCUT2D eigenvalue weighted by atomic mass is 16.5. The Morgan fingerprint density at radius 1 is 1.15 bits per heavy atom. The van der Waals surface area contributed by atoms with E-state index in [2.05, 4.69) is 51.8 Å². The van der Waals surface area contributed by atoms with E-state index in [4.69, 9.17) is 9.47 Å². The average Bonchev–Trinajstić information content (AvgIpc) is 3.04. The first-order valence-corrected chi connectivity index (χ1v) is 9.71. The van der Waals surface area contributed by atoms with Crippen molar-refractivity contribution in [1.29, 1.82) is 0 Å². The molecule has 1 aromatic heterocycles. The molecule has 1 atom stereocenters. The summed E-state index contributed by atoms with van der Waals surface area (Å²) in [5.74, 6) is 1.04. The summed E-state index contributed by atoms with van der Waals surface area (Å²) in [4.78, 5) is 7.14. The number of hydrogen-bond acceptors (Lipinski definition) is 4. The van der Waals surface area contributed by atoms with Crippen LogP contribution in [0.2, 0.25) is 0 Å². The SMILES string of the molecule is Cn1cnc2c1[C@H](COCC1CCOCC1)CN(Cc1ccccc1)C2. The summed E-state index contributed by atoms with van der Waals surface area (Å²) in [6, 6.07) is 10.7. The maximum Gasteiger partial charge on any atom is 0.0949 e. The Labute approximate surface area is 155 Å². The van der Waals surface area contributed by atoms with E-state index in [9.17, 15) is 0 Å². The minimum Gasteiger partial charge on any atom is -0.381 e. The standard InChI is InChI=1S/C21H29N3O2/c1-23-16-22-20-13-24(11-17-5-3-2-4-6-17)12-19(21(20)23)15-26-14-18-7-9-25-10-8-18/h2-6,16,18-19H,7-15H2,1H3/t19-/m0/s1. The first kappa shape index (κ1) is 17.7. The van der Waals surface area contributed by atoms with Crippen LogP contribution in [0.15, 0.2) is 36.7 Å². The van der Waals surface area contributed by atoms with Gasteiger partial charge in [0, 0.05) is 58.1 Å². The minimum atomic E-state index is 0.384. The monoisotopic (exact) mass is 355 g/mol. The summed E-state index contributed by atoms with van der Waals surface area (Å²) in [7, 11) is 2.10. The number of ether oxygens (including phenoxy) is 2. The van der Waals surface area contributed by atoms with E-state index >= 15 is 0 Å². The quantitative estimate of drug-likeness (QED) is 0.799. The van der Waals surface area contributed by atoms with Crippen LogP contribution in [0.1, 0.15) is 35.7 Å². The molecule has 5 heteroatoms. The average molecular weight is 355 g/mol. The molecule has 1 saturated heterocycles. The van der Waals surface area contributed by atoms with Crippen molar-refractivity contribution in [2.45, 2.75) is 31.8 Å². The fraction of sp³-hybridized carbons (Fsp3) is 0.571. The Bertz CT molecular complexity index is 695. The number of rotatable bonds is 6. The molecular formula is C21H29N3O2. The maximum absolute atomic E-state index is 6.17. The van der Waals surface area contributed by atoms with E-state index in [1.807, 2.05) is 6.33 Å². The van der Waals surface area contributed by atoms with E-state index in [1.165, 1.54) is 17.0 Å². The third kappa shape index (κ3) is 4.17. The Morgan fingerprint density at radius 2 is 1.96 bits per heavy atom. The Balaban J connectivity index is 1.39. The van der Waals surface area contributed by atoms with Crippen LogP contribution < -0.4 is 0 Å². The normalized spacial score (nSPS) is 21.7. The predicted molar refractivity (Wildman–Crippen MR) is 101 cm³/mol. The van der Waals surface area contributed by atoms with Gasteiger partial charge in [-0.05, 0) is 24.3 Å². The van der Waals surface area contributed by atoms with Crippen LogP contribution in [0.25, 0.3) is 0 Å². The van der Waals surface area contributed by atoms with Gasteiger partial charge in [0.15, 0.2) is 0 Å². The fourth-order valence-corrected chi connectivity index (χ4v) is 4.19. The summed E-state index contributed by atoms with van der Waals surface area (Å²) in [6.45, 7) is 6.30. The zero-order valence-corrected chi connectivity index (χ0v) is 15.6. The molecule has 1 fully saturated rings. The molecule has 3 heterocycles. The molecule has 0 unspecified atom stereocenters. The zero-order valence-electron chi connectivity index (χ0n) is 15.6. The van der Waals surface area contributed by atoms with E-state index in [0.29, 0.717) is 11.8 Å². The van der Waals surface area contributed by atoms with Crippen molar-refractivity contribution in [2.24, 2.45) is 13.0 Å². The van der Waals surface area contributed by atoms with Gasteiger partial charge >= 0.3 is 0 Å². The van der Waals surface area contributed by atoms with Crippen molar-refractivity contribution >= 4 is 0 Å². The van der Waals surface area contributed by atoms with Gasteiger partial charge in [-0.15, -0.1) is 0 Å². The summed E-state index contributed by atoms with van der Waals surface area (Å²) < 4.78 is 13.8. The molecule has 0 bridgehead atoms. The molecule has 2 aliphatic heterocycles. The van der Waals surface area contributed by atoms with Gasteiger partial charge in [0.05, 0.1) is 18.6 Å². The van der Waals surface area contributed by atoms with Crippen LogP contribution in [0.4, 0.5) is 0 Å². The van der Waals surface area contributed by atoms with Crippen LogP contribution in [0.5, 0.6) is 0 Å². The first-order chi connectivity index (χ1) is 12.8. The lowest BCUT2D eigenvalue weighted by Gasteiger charge is -2.33. The minimum absolute atomic E-state index is 0.384. The molecule has 0 saturated carbocycles. The van der Waals surface area contributed by atoms with Crippen molar-refractivity contribution < 1.29 is 9.47 Å². The molecule has 0 amide bonds. The third-order valence-corrected chi connectivity index (χ3v) is 5.56. The fourth-order valence-electron chi connectivity index (χ4n) is 4.19. The second-order valence-corrected chi connectivity index (χ2v) is 7.63. The first-order valence-electron chi connectivity index (χ1n) is 9.71. The van der Waals surface area contributed by atoms with E-state index in [1.54, 1.807) is 0 Å². The summed E-state index contributed by atoms with van der Waals surface area (Å²) >= 11 is 0. The summed E-state index contributed by atoms with van der Waals surface area (Å²) in [5.41, 5.74) is 3.91. The lowest BCUT2D eigenvalue weighted by Crippen LogP contribution is -2.36. The molecule has 26 heavy (non-hydrogen) atoms. The third-order valence-electron chi connectivity index (χ3n) is 5.56. The van der Waals surface area contributed by atoms with Crippen LogP contribution in [0.3, 0.4) is 0 Å². The van der Waals surface area contributed by atoms with Crippen molar-refractivity contribution in [1.82, 2.24) is 14.5 Å². The second-order valence-electron chi connectivity index (χ2n) is 7.63. The van der Waals surface area contributed by atoms with E-state index in [-0.39, 0.29) is 0 Å². The van der Waals surface area contributed by atoms with E-state index in [0.717, 1.165) is 58.9 Å². The molecule has 0 N–H and O–H groups in total.